The number of rotatable bonds is 3. The molecule has 1 aliphatic rings. The van der Waals surface area contributed by atoms with Gasteiger partial charge >= 0.3 is 0 Å². The number of hydrogen-bond donors (Lipinski definition) is 1. The van der Waals surface area contributed by atoms with E-state index in [-0.39, 0.29) is 0 Å². The molecule has 0 bridgehead atoms. The molecule has 3 rings (SSSR count). The molecule has 1 saturated carbocycles. The number of aromatic nitrogens is 3. The highest BCUT2D eigenvalue weighted by molar-refractivity contribution is 5.72. The Bertz CT molecular complexity index is 567. The van der Waals surface area contributed by atoms with Crippen molar-refractivity contribution < 1.29 is 0 Å². The molecule has 106 valence electrons. The van der Waals surface area contributed by atoms with Crippen molar-refractivity contribution in [1.29, 1.82) is 0 Å². The van der Waals surface area contributed by atoms with Gasteiger partial charge in [0.2, 0.25) is 0 Å². The second kappa shape index (κ2) is 5.65. The van der Waals surface area contributed by atoms with E-state index in [9.17, 15) is 0 Å². The van der Waals surface area contributed by atoms with Gasteiger partial charge in [-0.1, -0.05) is 13.3 Å². The van der Waals surface area contributed by atoms with Crippen molar-refractivity contribution in [1.82, 2.24) is 14.5 Å². The third-order valence-electron chi connectivity index (χ3n) is 4.58. The zero-order valence-corrected chi connectivity index (χ0v) is 12.0. The minimum Gasteiger partial charge on any atom is -0.398 e. The lowest BCUT2D eigenvalue weighted by Crippen LogP contribution is -2.18. The summed E-state index contributed by atoms with van der Waals surface area (Å²) < 4.78 is 2.29. The van der Waals surface area contributed by atoms with Crippen LogP contribution >= 0.6 is 0 Å². The molecule has 1 fully saturated rings. The van der Waals surface area contributed by atoms with Crippen LogP contribution in [0.3, 0.4) is 0 Å². The van der Waals surface area contributed by atoms with Crippen molar-refractivity contribution in [3.05, 3.63) is 31.0 Å². The zero-order chi connectivity index (χ0) is 13.9. The van der Waals surface area contributed by atoms with Crippen molar-refractivity contribution in [3.8, 4) is 11.3 Å². The van der Waals surface area contributed by atoms with Gasteiger partial charge in [-0.2, -0.15) is 0 Å². The summed E-state index contributed by atoms with van der Waals surface area (Å²) >= 11 is 0. The van der Waals surface area contributed by atoms with Crippen molar-refractivity contribution in [2.75, 3.05) is 5.73 Å². The largest absolute Gasteiger partial charge is 0.398 e. The monoisotopic (exact) mass is 270 g/mol. The summed E-state index contributed by atoms with van der Waals surface area (Å²) in [7, 11) is 0. The third kappa shape index (κ3) is 2.42. The predicted octanol–water partition coefficient (Wildman–Crippen LogP) is 3.67. The molecular formula is C16H22N4. The highest BCUT2D eigenvalue weighted by atomic mass is 15.1. The van der Waals surface area contributed by atoms with Crippen LogP contribution < -0.4 is 5.73 Å². The van der Waals surface area contributed by atoms with Gasteiger partial charge in [0.15, 0.2) is 0 Å². The second-order valence-electron chi connectivity index (χ2n) is 5.73. The number of nitrogen functional groups attached to an aromatic ring is 1. The predicted molar refractivity (Wildman–Crippen MR) is 81.2 cm³/mol. The molecule has 2 aromatic heterocycles. The van der Waals surface area contributed by atoms with E-state index in [2.05, 4.69) is 21.5 Å². The number of nitrogens with two attached hydrogens (primary N) is 1. The first-order chi connectivity index (χ1) is 9.79. The Morgan fingerprint density at radius 3 is 2.70 bits per heavy atom. The summed E-state index contributed by atoms with van der Waals surface area (Å²) in [6.07, 6.45) is 13.8. The standard InChI is InChI=1S/C16H22N4/c1-2-12-3-5-13(6-4-12)20-11-19-10-16(20)14-9-18-8-7-15(14)17/h7-13H,2-6H2,1H3,(H2,17,18). The van der Waals surface area contributed by atoms with Gasteiger partial charge in [-0.3, -0.25) is 4.98 Å². The zero-order valence-electron chi connectivity index (χ0n) is 12.0. The van der Waals surface area contributed by atoms with Crippen LogP contribution in [-0.4, -0.2) is 14.5 Å². The van der Waals surface area contributed by atoms with Crippen LogP contribution in [0.4, 0.5) is 5.69 Å². The summed E-state index contributed by atoms with van der Waals surface area (Å²) in [5, 5.41) is 0. The maximum Gasteiger partial charge on any atom is 0.0953 e. The molecule has 2 heterocycles. The van der Waals surface area contributed by atoms with Crippen LogP contribution in [0.1, 0.15) is 45.1 Å². The van der Waals surface area contributed by atoms with Crippen LogP contribution in [0.15, 0.2) is 31.0 Å². The fraction of sp³-hybridized carbons (Fsp3) is 0.500. The van der Waals surface area contributed by atoms with E-state index in [1.807, 2.05) is 24.8 Å². The van der Waals surface area contributed by atoms with Gasteiger partial charge in [0.1, 0.15) is 0 Å². The van der Waals surface area contributed by atoms with E-state index in [1.54, 1.807) is 6.20 Å². The summed E-state index contributed by atoms with van der Waals surface area (Å²) in [4.78, 5) is 8.53. The fourth-order valence-corrected chi connectivity index (χ4v) is 3.25. The molecule has 20 heavy (non-hydrogen) atoms. The van der Waals surface area contributed by atoms with E-state index < -0.39 is 0 Å². The Hall–Kier alpha value is -1.84. The summed E-state index contributed by atoms with van der Waals surface area (Å²) in [5.41, 5.74) is 8.92. The van der Waals surface area contributed by atoms with Crippen LogP contribution in [0.5, 0.6) is 0 Å². The van der Waals surface area contributed by atoms with Gasteiger partial charge in [0, 0.05) is 29.7 Å². The van der Waals surface area contributed by atoms with Gasteiger partial charge in [0.05, 0.1) is 18.2 Å². The first-order valence-corrected chi connectivity index (χ1v) is 7.51. The van der Waals surface area contributed by atoms with Crippen molar-refractivity contribution in [2.45, 2.75) is 45.1 Å². The smallest absolute Gasteiger partial charge is 0.0953 e. The average Bonchev–Trinajstić information content (AvgIpc) is 2.97. The van der Waals surface area contributed by atoms with E-state index in [4.69, 9.17) is 5.73 Å². The van der Waals surface area contributed by atoms with E-state index in [0.717, 1.165) is 22.9 Å². The molecule has 0 atom stereocenters. The molecule has 0 saturated heterocycles. The average molecular weight is 270 g/mol. The minimum atomic E-state index is 0.551. The number of pyridine rings is 1. The van der Waals surface area contributed by atoms with Crippen LogP contribution in [-0.2, 0) is 0 Å². The quantitative estimate of drug-likeness (QED) is 0.925. The van der Waals surface area contributed by atoms with E-state index in [0.29, 0.717) is 6.04 Å². The highest BCUT2D eigenvalue weighted by Crippen LogP contribution is 2.36. The SMILES string of the molecule is CCC1CCC(n2cncc2-c2cnccc2N)CC1. The Balaban J connectivity index is 1.86. The second-order valence-corrected chi connectivity index (χ2v) is 5.73. The van der Waals surface area contributed by atoms with Gasteiger partial charge in [-0.15, -0.1) is 0 Å². The Kier molecular flexibility index (Phi) is 3.72. The van der Waals surface area contributed by atoms with Gasteiger partial charge in [-0.25, -0.2) is 4.98 Å². The van der Waals surface area contributed by atoms with Crippen LogP contribution in [0.2, 0.25) is 0 Å². The molecular weight excluding hydrogens is 248 g/mol. The summed E-state index contributed by atoms with van der Waals surface area (Å²) in [6, 6.07) is 2.40. The molecule has 2 aromatic rings. The van der Waals surface area contributed by atoms with E-state index >= 15 is 0 Å². The van der Waals surface area contributed by atoms with Crippen LogP contribution in [0, 0.1) is 5.92 Å². The molecule has 4 nitrogen and oxygen atoms in total. The fourth-order valence-electron chi connectivity index (χ4n) is 3.25. The molecule has 0 aromatic carbocycles. The Labute approximate surface area is 120 Å². The molecule has 0 spiro atoms. The van der Waals surface area contributed by atoms with Gasteiger partial charge in [-0.05, 0) is 37.7 Å². The third-order valence-corrected chi connectivity index (χ3v) is 4.58. The van der Waals surface area contributed by atoms with Gasteiger partial charge in [0.25, 0.3) is 0 Å². The topological polar surface area (TPSA) is 56.7 Å². The van der Waals surface area contributed by atoms with Crippen LogP contribution in [0.25, 0.3) is 11.3 Å². The maximum atomic E-state index is 6.07. The molecule has 0 unspecified atom stereocenters. The number of imidazole rings is 1. The lowest BCUT2D eigenvalue weighted by molar-refractivity contribution is 0.271. The Morgan fingerprint density at radius 2 is 2.00 bits per heavy atom. The lowest BCUT2D eigenvalue weighted by Gasteiger charge is -2.29. The first-order valence-electron chi connectivity index (χ1n) is 7.51. The Morgan fingerprint density at radius 1 is 1.20 bits per heavy atom. The molecule has 0 aliphatic heterocycles. The molecule has 2 N–H and O–H groups in total. The summed E-state index contributed by atoms with van der Waals surface area (Å²) in [5.74, 6) is 0.904. The molecule has 0 amide bonds. The van der Waals surface area contributed by atoms with Crippen molar-refractivity contribution in [3.63, 3.8) is 0 Å². The number of hydrogen-bond acceptors (Lipinski definition) is 3. The maximum absolute atomic E-state index is 6.07. The van der Waals surface area contributed by atoms with E-state index in [1.165, 1.54) is 32.1 Å². The van der Waals surface area contributed by atoms with Crippen molar-refractivity contribution in [2.24, 2.45) is 5.92 Å². The lowest BCUT2D eigenvalue weighted by atomic mass is 9.84. The summed E-state index contributed by atoms with van der Waals surface area (Å²) in [6.45, 7) is 2.30. The molecule has 4 heteroatoms. The number of nitrogens with zero attached hydrogens (tertiary/aromatic N) is 3. The number of anilines is 1. The highest BCUT2D eigenvalue weighted by Gasteiger charge is 2.23. The molecule has 1 aliphatic carbocycles. The van der Waals surface area contributed by atoms with Crippen molar-refractivity contribution >= 4 is 5.69 Å². The van der Waals surface area contributed by atoms with Gasteiger partial charge < -0.3 is 10.3 Å². The molecule has 0 radical (unpaired) electrons. The first kappa shape index (κ1) is 13.2. The minimum absolute atomic E-state index is 0.551. The normalized spacial score (nSPS) is 22.9.